The molecule has 0 amide bonds. The molecular weight excluding hydrogens is 410 g/mol. The monoisotopic (exact) mass is 432 g/mol. The number of carbonyl (C=O) groups excluding carboxylic acids is 1. The van der Waals surface area contributed by atoms with Gasteiger partial charge < -0.3 is 24.9 Å². The second-order valence-corrected chi connectivity index (χ2v) is 6.54. The normalized spacial score (nSPS) is 10.2. The molecule has 0 aliphatic carbocycles. The Hall–Kier alpha value is -3.72. The molecule has 4 aromatic rings. The van der Waals surface area contributed by atoms with E-state index in [1.54, 1.807) is 32.0 Å². The Bertz CT molecular complexity index is 1170. The Labute approximate surface area is 176 Å². The number of aryl methyl sites for hydroxylation is 2. The lowest BCUT2D eigenvalue weighted by molar-refractivity contribution is 0.0594. The molecule has 0 spiro atoms. The van der Waals surface area contributed by atoms with E-state index in [1.807, 2.05) is 0 Å². The third kappa shape index (κ3) is 5.26. The molecule has 0 aliphatic heterocycles. The van der Waals surface area contributed by atoms with Crippen molar-refractivity contribution < 1.29 is 33.3 Å². The molecule has 0 unspecified atom stereocenters. The largest absolute Gasteiger partial charge is 0.477 e. The maximum Gasteiger partial charge on any atom is 0.354 e. The zero-order valence-electron chi connectivity index (χ0n) is 17.3. The van der Waals surface area contributed by atoms with Gasteiger partial charge in [-0.1, -0.05) is 0 Å². The maximum atomic E-state index is 13.2. The summed E-state index contributed by atoms with van der Waals surface area (Å²) in [5.74, 6) is -2.12. The molecule has 0 saturated carbocycles. The maximum absolute atomic E-state index is 13.2. The Morgan fingerprint density at radius 3 is 1.65 bits per heavy atom. The fourth-order valence-corrected chi connectivity index (χ4v) is 2.87. The number of fused-ring (bicyclic) bond motifs is 2. The molecule has 31 heavy (non-hydrogen) atoms. The van der Waals surface area contributed by atoms with Crippen molar-refractivity contribution in [1.82, 2.24) is 9.97 Å². The standard InChI is InChI=1S/C11H10FNO2.C10H8FNO2.CH4O/c1-6-3-7-4-10(11(14)15-2)13-9(7)5-8(6)12;1-5-2-6-3-9(10(13)14)12-8(6)4-7(5)11;1-2/h3-5,13H,1-2H3;2-4,12H,1H3,(H,13,14);2H,1H3. The van der Waals surface area contributed by atoms with E-state index in [-0.39, 0.29) is 17.3 Å². The van der Waals surface area contributed by atoms with Crippen LogP contribution in [0, 0.1) is 25.5 Å². The van der Waals surface area contributed by atoms with Gasteiger partial charge in [0.05, 0.1) is 7.11 Å². The molecule has 7 nitrogen and oxygen atoms in total. The topological polar surface area (TPSA) is 115 Å². The van der Waals surface area contributed by atoms with Gasteiger partial charge in [-0.05, 0) is 61.4 Å². The number of hydrogen-bond donors (Lipinski definition) is 4. The molecule has 4 N–H and O–H groups in total. The average Bonchev–Trinajstić information content (AvgIpc) is 3.34. The third-order valence-electron chi connectivity index (χ3n) is 4.44. The van der Waals surface area contributed by atoms with Gasteiger partial charge in [-0.2, -0.15) is 0 Å². The molecule has 2 heterocycles. The zero-order valence-corrected chi connectivity index (χ0v) is 17.3. The van der Waals surface area contributed by atoms with Crippen LogP contribution in [-0.4, -0.2) is 46.3 Å². The molecular formula is C22H22F2N2O5. The van der Waals surface area contributed by atoms with Gasteiger partial charge in [-0.25, -0.2) is 18.4 Å². The van der Waals surface area contributed by atoms with Crippen LogP contribution in [0.4, 0.5) is 8.78 Å². The van der Waals surface area contributed by atoms with Crippen molar-refractivity contribution in [2.45, 2.75) is 13.8 Å². The summed E-state index contributed by atoms with van der Waals surface area (Å²) in [6.07, 6.45) is 0. The first-order chi connectivity index (χ1) is 14.7. The fourth-order valence-electron chi connectivity index (χ4n) is 2.87. The van der Waals surface area contributed by atoms with Crippen LogP contribution in [0.25, 0.3) is 21.8 Å². The van der Waals surface area contributed by atoms with Crippen LogP contribution in [0.2, 0.25) is 0 Å². The van der Waals surface area contributed by atoms with Crippen LogP contribution >= 0.6 is 0 Å². The molecule has 0 aliphatic rings. The Morgan fingerprint density at radius 1 is 0.806 bits per heavy atom. The summed E-state index contributed by atoms with van der Waals surface area (Å²) < 4.78 is 30.9. The highest BCUT2D eigenvalue weighted by Crippen LogP contribution is 2.20. The van der Waals surface area contributed by atoms with Gasteiger partial charge in [0.25, 0.3) is 0 Å². The van der Waals surface area contributed by atoms with Crippen molar-refractivity contribution in [3.05, 3.63) is 70.5 Å². The minimum absolute atomic E-state index is 0.0741. The summed E-state index contributed by atoms with van der Waals surface area (Å²) in [5, 5.41) is 17.2. The van der Waals surface area contributed by atoms with E-state index in [9.17, 15) is 18.4 Å². The number of carboxylic acids is 1. The molecule has 0 bridgehead atoms. The number of carboxylic acid groups (broad SMARTS) is 1. The van der Waals surface area contributed by atoms with E-state index in [1.165, 1.54) is 25.3 Å². The number of aliphatic hydroxyl groups is 1. The highest BCUT2D eigenvalue weighted by atomic mass is 19.1. The van der Waals surface area contributed by atoms with Crippen LogP contribution in [-0.2, 0) is 4.74 Å². The van der Waals surface area contributed by atoms with Crippen molar-refractivity contribution in [1.29, 1.82) is 0 Å². The van der Waals surface area contributed by atoms with Crippen LogP contribution in [0.5, 0.6) is 0 Å². The number of aliphatic hydroxyl groups excluding tert-OH is 1. The number of benzene rings is 2. The lowest BCUT2D eigenvalue weighted by Gasteiger charge is -1.95. The second kappa shape index (κ2) is 9.86. The third-order valence-corrected chi connectivity index (χ3v) is 4.44. The van der Waals surface area contributed by atoms with Gasteiger partial charge in [-0.3, -0.25) is 0 Å². The molecule has 164 valence electrons. The van der Waals surface area contributed by atoms with Crippen LogP contribution < -0.4 is 0 Å². The second-order valence-electron chi connectivity index (χ2n) is 6.54. The predicted octanol–water partition coefficient (Wildman–Crippen LogP) is 4.32. The molecule has 0 atom stereocenters. The first-order valence-electron chi connectivity index (χ1n) is 9.03. The number of aromatic amines is 2. The van der Waals surface area contributed by atoms with E-state index in [2.05, 4.69) is 14.7 Å². The number of rotatable bonds is 2. The van der Waals surface area contributed by atoms with Gasteiger partial charge in [0, 0.05) is 28.9 Å². The van der Waals surface area contributed by atoms with Gasteiger partial charge in [0.15, 0.2) is 0 Å². The molecule has 4 rings (SSSR count). The minimum atomic E-state index is -1.04. The lowest BCUT2D eigenvalue weighted by Crippen LogP contribution is -2.00. The number of nitrogens with one attached hydrogen (secondary N) is 2. The van der Waals surface area contributed by atoms with E-state index in [0.717, 1.165) is 12.5 Å². The smallest absolute Gasteiger partial charge is 0.354 e. The van der Waals surface area contributed by atoms with Crippen molar-refractivity contribution in [2.24, 2.45) is 0 Å². The number of esters is 1. The summed E-state index contributed by atoms with van der Waals surface area (Å²) >= 11 is 0. The SMILES string of the molecule is CO.COC(=O)c1cc2cc(C)c(F)cc2[nH]1.Cc1cc2cc(C(=O)O)[nH]c2cc1F. The number of aromatic carboxylic acids is 1. The van der Waals surface area contributed by atoms with E-state index < -0.39 is 11.9 Å². The zero-order chi connectivity index (χ0) is 23.3. The number of hydrogen-bond acceptors (Lipinski definition) is 4. The summed E-state index contributed by atoms with van der Waals surface area (Å²) in [4.78, 5) is 27.2. The fraction of sp³-hybridized carbons (Fsp3) is 0.182. The number of halogens is 2. The first-order valence-corrected chi connectivity index (χ1v) is 9.03. The van der Waals surface area contributed by atoms with Crippen molar-refractivity contribution in [2.75, 3.05) is 14.2 Å². The number of aromatic nitrogens is 2. The number of methoxy groups -OCH3 is 1. The molecule has 9 heteroatoms. The Kier molecular flexibility index (Phi) is 7.49. The van der Waals surface area contributed by atoms with E-state index in [0.29, 0.717) is 33.2 Å². The highest BCUT2D eigenvalue weighted by Gasteiger charge is 2.11. The van der Waals surface area contributed by atoms with Crippen LogP contribution in [0.15, 0.2) is 36.4 Å². The molecule has 2 aromatic heterocycles. The summed E-state index contributed by atoms with van der Waals surface area (Å²) in [7, 11) is 2.31. The van der Waals surface area contributed by atoms with Crippen molar-refractivity contribution in [3.63, 3.8) is 0 Å². The number of ether oxygens (including phenoxy) is 1. The minimum Gasteiger partial charge on any atom is -0.477 e. The predicted molar refractivity (Wildman–Crippen MR) is 112 cm³/mol. The number of H-pyrrole nitrogens is 2. The Balaban J connectivity index is 0.000000204. The summed E-state index contributed by atoms with van der Waals surface area (Å²) in [6.45, 7) is 3.32. The van der Waals surface area contributed by atoms with E-state index >= 15 is 0 Å². The lowest BCUT2D eigenvalue weighted by atomic mass is 10.1. The number of carbonyl (C=O) groups is 2. The molecule has 0 saturated heterocycles. The van der Waals surface area contributed by atoms with Gasteiger partial charge in [0.1, 0.15) is 23.0 Å². The molecule has 0 fully saturated rings. The summed E-state index contributed by atoms with van der Waals surface area (Å²) in [5.41, 5.74) is 2.57. The average molecular weight is 432 g/mol. The first kappa shape index (κ1) is 23.6. The van der Waals surface area contributed by atoms with Crippen LogP contribution in [0.1, 0.15) is 32.1 Å². The highest BCUT2D eigenvalue weighted by molar-refractivity contribution is 5.95. The van der Waals surface area contributed by atoms with Gasteiger partial charge in [0.2, 0.25) is 0 Å². The molecule has 2 aromatic carbocycles. The van der Waals surface area contributed by atoms with Gasteiger partial charge >= 0.3 is 11.9 Å². The van der Waals surface area contributed by atoms with Gasteiger partial charge in [-0.15, -0.1) is 0 Å². The molecule has 0 radical (unpaired) electrons. The summed E-state index contributed by atoms with van der Waals surface area (Å²) in [6, 6.07) is 9.12. The van der Waals surface area contributed by atoms with Crippen molar-refractivity contribution in [3.8, 4) is 0 Å². The van der Waals surface area contributed by atoms with E-state index in [4.69, 9.17) is 10.2 Å². The van der Waals surface area contributed by atoms with Crippen LogP contribution in [0.3, 0.4) is 0 Å². The quantitative estimate of drug-likeness (QED) is 0.352. The van der Waals surface area contributed by atoms with Crippen molar-refractivity contribution >= 4 is 33.7 Å². The Morgan fingerprint density at radius 2 is 1.23 bits per heavy atom.